The number of Topliss-reactive ketones (excluding diaryl/α,β-unsaturated/α-hetero) is 1. The van der Waals surface area contributed by atoms with Gasteiger partial charge in [0.15, 0.2) is 0 Å². The Kier molecular flexibility index (Phi) is 16.0. The number of hydrogen-bond donors (Lipinski definition) is 5. The van der Waals surface area contributed by atoms with Gasteiger partial charge in [0, 0.05) is 6.54 Å². The summed E-state index contributed by atoms with van der Waals surface area (Å²) in [6.45, 7) is 7.45. The lowest BCUT2D eigenvalue weighted by atomic mass is 9.81. The minimum atomic E-state index is -1.24. The largest absolute Gasteiger partial charge is 0.449 e. The van der Waals surface area contributed by atoms with E-state index < -0.39 is 71.6 Å². The van der Waals surface area contributed by atoms with Gasteiger partial charge >= 0.3 is 6.09 Å². The van der Waals surface area contributed by atoms with Crippen LogP contribution in [0.15, 0.2) is 60.7 Å². The zero-order valence-corrected chi connectivity index (χ0v) is 33.0. The second-order valence-electron chi connectivity index (χ2n) is 15.9. The van der Waals surface area contributed by atoms with E-state index in [1.54, 1.807) is 37.3 Å². The van der Waals surface area contributed by atoms with E-state index in [9.17, 15) is 33.6 Å². The molecule has 0 spiro atoms. The number of rotatable bonds is 18. The van der Waals surface area contributed by atoms with Crippen LogP contribution in [0.5, 0.6) is 0 Å². The van der Waals surface area contributed by atoms with Crippen LogP contribution in [0.2, 0.25) is 0 Å². The SMILES string of the molecule is CCCC(NC(=O)C1CC(C)(Cc2ccccc2)CN1C(=O)[C@@H](NC(=O)OCC(C)C)C1CCCCC1)C(=O)C(=O)NCC(=O)NC(C(N)=O)c1ccccc1. The summed E-state index contributed by atoms with van der Waals surface area (Å²) in [7, 11) is 0. The molecule has 14 heteroatoms. The standard InChI is InChI=1S/C42H58N6O8/c1-5-15-31(36(50)39(53)44-24-33(49)46-34(37(43)51)29-18-11-7-12-19-29)45-38(52)32-23-42(4,22-28-16-9-6-10-17-28)26-48(32)40(54)35(30-20-13-8-14-21-30)47-41(55)56-25-27(2)3/h6-7,9-12,16-19,27,30-32,34-35H,5,8,13-15,20-26H2,1-4H3,(H2,43,51)(H,44,53)(H,45,52)(H,46,49)(H,47,55)/t31?,32?,34?,35-,42?/m0/s1. The Morgan fingerprint density at radius 3 is 2.14 bits per heavy atom. The first-order chi connectivity index (χ1) is 26.7. The number of hydrogen-bond acceptors (Lipinski definition) is 8. The minimum Gasteiger partial charge on any atom is -0.449 e. The van der Waals surface area contributed by atoms with Crippen molar-refractivity contribution in [1.29, 1.82) is 0 Å². The number of nitrogens with zero attached hydrogens (tertiary/aromatic N) is 1. The Balaban J connectivity index is 1.52. The molecule has 14 nitrogen and oxygen atoms in total. The third-order valence-electron chi connectivity index (χ3n) is 10.4. The number of nitrogens with two attached hydrogens (primary N) is 1. The van der Waals surface area contributed by atoms with Gasteiger partial charge in [0.2, 0.25) is 29.4 Å². The number of likely N-dealkylation sites (tertiary alicyclic amines) is 1. The van der Waals surface area contributed by atoms with Crippen LogP contribution < -0.4 is 27.0 Å². The number of alkyl carbamates (subject to hydrolysis) is 1. The zero-order valence-electron chi connectivity index (χ0n) is 33.0. The summed E-state index contributed by atoms with van der Waals surface area (Å²) in [5.74, 6) is -4.63. The number of nitrogens with one attached hydrogen (secondary N) is 4. The molecular weight excluding hydrogens is 716 g/mol. The highest BCUT2D eigenvalue weighted by Crippen LogP contribution is 2.39. The average Bonchev–Trinajstić information content (AvgIpc) is 3.54. The van der Waals surface area contributed by atoms with Crippen molar-refractivity contribution in [1.82, 2.24) is 26.2 Å². The van der Waals surface area contributed by atoms with Crippen LogP contribution in [0.3, 0.4) is 0 Å². The molecule has 0 aromatic heterocycles. The number of ether oxygens (including phenoxy) is 1. The van der Waals surface area contributed by atoms with Crippen molar-refractivity contribution in [3.05, 3.63) is 71.8 Å². The van der Waals surface area contributed by atoms with Crippen LogP contribution in [0, 0.1) is 17.3 Å². The van der Waals surface area contributed by atoms with Gasteiger partial charge in [0.1, 0.15) is 18.1 Å². The van der Waals surface area contributed by atoms with E-state index in [4.69, 9.17) is 10.5 Å². The summed E-state index contributed by atoms with van der Waals surface area (Å²) < 4.78 is 5.42. The number of ketones is 1. The molecule has 56 heavy (non-hydrogen) atoms. The number of amides is 6. The molecule has 1 saturated carbocycles. The van der Waals surface area contributed by atoms with Crippen LogP contribution >= 0.6 is 0 Å². The van der Waals surface area contributed by atoms with Gasteiger partial charge in [-0.15, -0.1) is 0 Å². The van der Waals surface area contributed by atoms with Gasteiger partial charge in [0.05, 0.1) is 19.2 Å². The van der Waals surface area contributed by atoms with Crippen molar-refractivity contribution < 1.29 is 38.3 Å². The molecule has 2 fully saturated rings. The number of benzene rings is 2. The second-order valence-corrected chi connectivity index (χ2v) is 15.9. The van der Waals surface area contributed by atoms with Gasteiger partial charge in [0.25, 0.3) is 5.91 Å². The molecule has 2 aromatic carbocycles. The van der Waals surface area contributed by atoms with Gasteiger partial charge in [-0.3, -0.25) is 28.8 Å². The van der Waals surface area contributed by atoms with Gasteiger partial charge < -0.3 is 36.6 Å². The summed E-state index contributed by atoms with van der Waals surface area (Å²) in [6.07, 6.45) is 5.06. The molecule has 6 amide bonds. The van der Waals surface area contributed by atoms with Crippen LogP contribution in [0.1, 0.15) is 96.2 Å². The number of carbonyl (C=O) groups excluding carboxylic acids is 7. The highest BCUT2D eigenvalue weighted by molar-refractivity contribution is 6.38. The van der Waals surface area contributed by atoms with Crippen molar-refractivity contribution in [3.63, 3.8) is 0 Å². The molecule has 1 aliphatic heterocycles. The lowest BCUT2D eigenvalue weighted by molar-refractivity contribution is -0.143. The van der Waals surface area contributed by atoms with Crippen molar-refractivity contribution in [3.8, 4) is 0 Å². The van der Waals surface area contributed by atoms with Crippen molar-refractivity contribution >= 4 is 41.4 Å². The average molecular weight is 775 g/mol. The molecule has 6 N–H and O–H groups in total. The highest BCUT2D eigenvalue weighted by atomic mass is 16.5. The summed E-state index contributed by atoms with van der Waals surface area (Å²) in [5.41, 5.74) is 6.44. The highest BCUT2D eigenvalue weighted by Gasteiger charge is 2.49. The maximum Gasteiger partial charge on any atom is 0.407 e. The molecule has 1 heterocycles. The molecule has 1 aliphatic carbocycles. The predicted octanol–water partition coefficient (Wildman–Crippen LogP) is 3.48. The van der Waals surface area contributed by atoms with Gasteiger partial charge in [-0.05, 0) is 60.5 Å². The maximum absolute atomic E-state index is 14.7. The van der Waals surface area contributed by atoms with Gasteiger partial charge in [-0.2, -0.15) is 0 Å². The first-order valence-electron chi connectivity index (χ1n) is 19.7. The lowest BCUT2D eigenvalue weighted by Gasteiger charge is -2.35. The van der Waals surface area contributed by atoms with Crippen LogP contribution in [-0.4, -0.2) is 84.1 Å². The number of primary amides is 1. The summed E-state index contributed by atoms with van der Waals surface area (Å²) in [6, 6.07) is 13.8. The Bertz CT molecular complexity index is 1680. The van der Waals surface area contributed by atoms with E-state index in [1.165, 1.54) is 4.90 Å². The molecule has 2 aromatic rings. The maximum atomic E-state index is 14.7. The summed E-state index contributed by atoms with van der Waals surface area (Å²) in [4.78, 5) is 94.8. The van der Waals surface area contributed by atoms with Crippen LogP contribution in [-0.2, 0) is 39.9 Å². The van der Waals surface area contributed by atoms with E-state index in [2.05, 4.69) is 21.3 Å². The zero-order chi connectivity index (χ0) is 40.8. The fourth-order valence-corrected chi connectivity index (χ4v) is 7.69. The molecule has 2 aliphatic rings. The van der Waals surface area contributed by atoms with E-state index in [0.717, 1.165) is 37.7 Å². The molecule has 304 valence electrons. The first kappa shape index (κ1) is 43.5. The molecule has 0 radical (unpaired) electrons. The molecule has 0 bridgehead atoms. The van der Waals surface area contributed by atoms with E-state index in [1.807, 2.05) is 51.1 Å². The van der Waals surface area contributed by atoms with Crippen LogP contribution in [0.25, 0.3) is 0 Å². The van der Waals surface area contributed by atoms with Crippen LogP contribution in [0.4, 0.5) is 4.79 Å². The Morgan fingerprint density at radius 2 is 1.54 bits per heavy atom. The molecule has 4 rings (SSSR count). The Labute approximate surface area is 329 Å². The molecule has 5 atom stereocenters. The quantitative estimate of drug-likeness (QED) is 0.142. The molecule has 1 saturated heterocycles. The monoisotopic (exact) mass is 774 g/mol. The fourth-order valence-electron chi connectivity index (χ4n) is 7.69. The lowest BCUT2D eigenvalue weighted by Crippen LogP contribution is -2.58. The third kappa shape index (κ3) is 12.4. The fraction of sp³-hybridized carbons (Fsp3) is 0.548. The van der Waals surface area contributed by atoms with Crippen molar-refractivity contribution in [2.75, 3.05) is 19.7 Å². The van der Waals surface area contributed by atoms with Gasteiger partial charge in [-0.1, -0.05) is 114 Å². The van der Waals surface area contributed by atoms with Gasteiger partial charge in [-0.25, -0.2) is 4.79 Å². The van der Waals surface area contributed by atoms with E-state index in [-0.39, 0.29) is 43.7 Å². The Hall–Kier alpha value is -5.27. The smallest absolute Gasteiger partial charge is 0.407 e. The second kappa shape index (κ2) is 20.6. The van der Waals surface area contributed by atoms with Crippen molar-refractivity contribution in [2.24, 2.45) is 23.0 Å². The minimum absolute atomic E-state index is 0.0989. The first-order valence-corrected chi connectivity index (χ1v) is 19.7. The Morgan fingerprint density at radius 1 is 0.893 bits per heavy atom. The van der Waals surface area contributed by atoms with Crippen molar-refractivity contribution in [2.45, 2.75) is 110 Å². The predicted molar refractivity (Wildman–Crippen MR) is 209 cm³/mol. The van der Waals surface area contributed by atoms with E-state index in [0.29, 0.717) is 18.4 Å². The summed E-state index contributed by atoms with van der Waals surface area (Å²) in [5, 5.41) is 10.4. The number of carbonyl (C=O) groups is 7. The molecule has 4 unspecified atom stereocenters. The topological polar surface area (TPSA) is 206 Å². The van der Waals surface area contributed by atoms with E-state index >= 15 is 0 Å². The molecular formula is C42H58N6O8. The summed E-state index contributed by atoms with van der Waals surface area (Å²) >= 11 is 0. The third-order valence-corrected chi connectivity index (χ3v) is 10.4. The normalized spacial score (nSPS) is 19.9.